The molecule has 1 amide bonds. The summed E-state index contributed by atoms with van der Waals surface area (Å²) in [5, 5.41) is 3.83. The van der Waals surface area contributed by atoms with Gasteiger partial charge in [0, 0.05) is 16.1 Å². The van der Waals surface area contributed by atoms with Gasteiger partial charge in [-0.25, -0.2) is 4.79 Å². The minimum Gasteiger partial charge on any atom is -0.408 e. The zero-order valence-electron chi connectivity index (χ0n) is 11.5. The third kappa shape index (κ3) is 3.37. The van der Waals surface area contributed by atoms with E-state index in [4.69, 9.17) is 39.2 Å². The van der Waals surface area contributed by atoms with E-state index in [2.05, 4.69) is 5.32 Å². The first-order valence-corrected chi connectivity index (χ1v) is 7.61. The molecule has 1 aromatic heterocycles. The number of fused-ring (bicyclic) bond motifs is 1. The Morgan fingerprint density at radius 3 is 2.57 bits per heavy atom. The summed E-state index contributed by atoms with van der Waals surface area (Å²) >= 11 is 17.7. The standard InChI is InChI=1S/C15H9Cl3N2O3/c16-8-1-3-10(18)11(5-8)19-14(21)7-20-12-4-2-9(17)6-13(12)23-15(20)22/h1-6H,7H2,(H,19,21). The third-order valence-electron chi connectivity index (χ3n) is 3.13. The van der Waals surface area contributed by atoms with Gasteiger partial charge in [-0.1, -0.05) is 34.8 Å². The number of oxazole rings is 1. The van der Waals surface area contributed by atoms with Gasteiger partial charge in [-0.15, -0.1) is 0 Å². The van der Waals surface area contributed by atoms with Gasteiger partial charge in [-0.2, -0.15) is 0 Å². The maximum Gasteiger partial charge on any atom is 0.420 e. The van der Waals surface area contributed by atoms with Gasteiger partial charge in [0.2, 0.25) is 5.91 Å². The van der Waals surface area contributed by atoms with E-state index in [1.165, 1.54) is 16.7 Å². The molecule has 0 aliphatic carbocycles. The van der Waals surface area contributed by atoms with Crippen LogP contribution in [0.1, 0.15) is 0 Å². The van der Waals surface area contributed by atoms with Gasteiger partial charge in [-0.05, 0) is 30.3 Å². The average molecular weight is 372 g/mol. The zero-order valence-corrected chi connectivity index (χ0v) is 13.7. The predicted octanol–water partition coefficient (Wildman–Crippen LogP) is 4.19. The molecule has 118 valence electrons. The molecule has 0 atom stereocenters. The van der Waals surface area contributed by atoms with Gasteiger partial charge < -0.3 is 9.73 Å². The number of hydrogen-bond acceptors (Lipinski definition) is 3. The summed E-state index contributed by atoms with van der Waals surface area (Å²) in [5.74, 6) is -1.08. The fourth-order valence-electron chi connectivity index (χ4n) is 2.12. The van der Waals surface area contributed by atoms with Gasteiger partial charge >= 0.3 is 5.76 Å². The monoisotopic (exact) mass is 370 g/mol. The fourth-order valence-corrected chi connectivity index (χ4v) is 2.62. The van der Waals surface area contributed by atoms with Crippen molar-refractivity contribution in [2.45, 2.75) is 6.54 Å². The van der Waals surface area contributed by atoms with Crippen LogP contribution in [-0.2, 0) is 11.3 Å². The van der Waals surface area contributed by atoms with Gasteiger partial charge in [0.05, 0.1) is 16.2 Å². The van der Waals surface area contributed by atoms with Crippen molar-refractivity contribution in [3.63, 3.8) is 0 Å². The largest absolute Gasteiger partial charge is 0.420 e. The summed E-state index contributed by atoms with van der Waals surface area (Å²) in [7, 11) is 0. The van der Waals surface area contributed by atoms with E-state index >= 15 is 0 Å². The minimum atomic E-state index is -0.644. The van der Waals surface area contributed by atoms with Crippen molar-refractivity contribution >= 4 is 57.5 Å². The minimum absolute atomic E-state index is 0.226. The lowest BCUT2D eigenvalue weighted by Crippen LogP contribution is -2.24. The molecule has 5 nitrogen and oxygen atoms in total. The highest BCUT2D eigenvalue weighted by atomic mass is 35.5. The van der Waals surface area contributed by atoms with Gasteiger partial charge in [0.25, 0.3) is 0 Å². The number of nitrogens with zero attached hydrogens (tertiary/aromatic N) is 1. The van der Waals surface area contributed by atoms with Crippen molar-refractivity contribution in [3.05, 3.63) is 62.0 Å². The van der Waals surface area contributed by atoms with Crippen molar-refractivity contribution in [2.75, 3.05) is 5.32 Å². The van der Waals surface area contributed by atoms with Crippen LogP contribution >= 0.6 is 34.8 Å². The second kappa shape index (κ2) is 6.28. The van der Waals surface area contributed by atoms with Crippen LogP contribution in [-0.4, -0.2) is 10.5 Å². The Labute approximate surface area is 145 Å². The highest BCUT2D eigenvalue weighted by Crippen LogP contribution is 2.25. The molecular formula is C15H9Cl3N2O3. The van der Waals surface area contributed by atoms with Crippen LogP contribution in [0.15, 0.2) is 45.6 Å². The summed E-state index contributed by atoms with van der Waals surface area (Å²) < 4.78 is 6.28. The molecule has 23 heavy (non-hydrogen) atoms. The summed E-state index contributed by atoms with van der Waals surface area (Å²) in [6, 6.07) is 9.44. The van der Waals surface area contributed by atoms with E-state index < -0.39 is 11.7 Å². The number of hydrogen-bond donors (Lipinski definition) is 1. The maximum atomic E-state index is 12.2. The van der Waals surface area contributed by atoms with Crippen LogP contribution in [0.2, 0.25) is 15.1 Å². The van der Waals surface area contributed by atoms with Crippen LogP contribution in [0.5, 0.6) is 0 Å². The van der Waals surface area contributed by atoms with E-state index in [-0.39, 0.29) is 6.54 Å². The first-order valence-electron chi connectivity index (χ1n) is 6.48. The number of aromatic nitrogens is 1. The number of amides is 1. The van der Waals surface area contributed by atoms with Gasteiger partial charge in [0.1, 0.15) is 6.54 Å². The molecule has 3 aromatic rings. The van der Waals surface area contributed by atoms with Crippen LogP contribution in [0.25, 0.3) is 11.1 Å². The number of nitrogens with one attached hydrogen (secondary N) is 1. The fraction of sp³-hybridized carbons (Fsp3) is 0.0667. The predicted molar refractivity (Wildman–Crippen MR) is 90.6 cm³/mol. The second-order valence-electron chi connectivity index (χ2n) is 4.74. The Morgan fingerprint density at radius 1 is 1.09 bits per heavy atom. The molecule has 0 aliphatic heterocycles. The topological polar surface area (TPSA) is 64.2 Å². The Balaban J connectivity index is 1.87. The zero-order chi connectivity index (χ0) is 16.6. The number of halogens is 3. The molecular weight excluding hydrogens is 363 g/mol. The SMILES string of the molecule is O=C(Cn1c(=O)oc2cc(Cl)ccc21)Nc1cc(Cl)ccc1Cl. The van der Waals surface area contributed by atoms with Crippen molar-refractivity contribution in [1.29, 1.82) is 0 Å². The molecule has 0 saturated carbocycles. The summed E-state index contributed by atoms with van der Waals surface area (Å²) in [5.41, 5.74) is 1.16. The Hall–Kier alpha value is -1.95. The molecule has 0 bridgehead atoms. The second-order valence-corrected chi connectivity index (χ2v) is 6.02. The van der Waals surface area contributed by atoms with Crippen LogP contribution in [0.3, 0.4) is 0 Å². The summed E-state index contributed by atoms with van der Waals surface area (Å²) in [6.07, 6.45) is 0. The number of carbonyl (C=O) groups excluding carboxylic acids is 1. The van der Waals surface area contributed by atoms with Gasteiger partial charge in [0.15, 0.2) is 5.58 Å². The molecule has 0 radical (unpaired) electrons. The lowest BCUT2D eigenvalue weighted by atomic mass is 10.3. The third-order valence-corrected chi connectivity index (χ3v) is 3.93. The Bertz CT molecular complexity index is 962. The first kappa shape index (κ1) is 15.9. The lowest BCUT2D eigenvalue weighted by molar-refractivity contribution is -0.116. The van der Waals surface area contributed by atoms with Crippen molar-refractivity contribution in [2.24, 2.45) is 0 Å². The molecule has 0 fully saturated rings. The van der Waals surface area contributed by atoms with Crippen LogP contribution in [0, 0.1) is 0 Å². The average Bonchev–Trinajstić information content (AvgIpc) is 2.78. The number of rotatable bonds is 3. The molecule has 0 aliphatic rings. The molecule has 2 aromatic carbocycles. The Morgan fingerprint density at radius 2 is 1.78 bits per heavy atom. The molecule has 3 rings (SSSR count). The van der Waals surface area contributed by atoms with Gasteiger partial charge in [-0.3, -0.25) is 9.36 Å². The molecule has 0 saturated heterocycles. The lowest BCUT2D eigenvalue weighted by Gasteiger charge is -2.08. The highest BCUT2D eigenvalue weighted by molar-refractivity contribution is 6.35. The summed E-state index contributed by atoms with van der Waals surface area (Å²) in [6.45, 7) is -0.226. The van der Waals surface area contributed by atoms with Crippen molar-refractivity contribution in [1.82, 2.24) is 4.57 Å². The van der Waals surface area contributed by atoms with E-state index in [1.54, 1.807) is 24.3 Å². The quantitative estimate of drug-likeness (QED) is 0.750. The summed E-state index contributed by atoms with van der Waals surface area (Å²) in [4.78, 5) is 24.1. The molecule has 1 N–H and O–H groups in total. The molecule has 0 unspecified atom stereocenters. The van der Waals surface area contributed by atoms with Crippen LogP contribution < -0.4 is 11.1 Å². The number of anilines is 1. The molecule has 1 heterocycles. The van der Waals surface area contributed by atoms with Crippen molar-refractivity contribution < 1.29 is 9.21 Å². The highest BCUT2D eigenvalue weighted by Gasteiger charge is 2.14. The van der Waals surface area contributed by atoms with E-state index in [0.29, 0.717) is 31.9 Å². The first-order chi connectivity index (χ1) is 10.9. The van der Waals surface area contributed by atoms with E-state index in [9.17, 15) is 9.59 Å². The molecule has 8 heteroatoms. The number of benzene rings is 2. The molecule has 0 spiro atoms. The Kier molecular flexibility index (Phi) is 4.35. The number of carbonyl (C=O) groups is 1. The van der Waals surface area contributed by atoms with Crippen molar-refractivity contribution in [3.8, 4) is 0 Å². The normalized spacial score (nSPS) is 10.9. The van der Waals surface area contributed by atoms with Crippen LogP contribution in [0.4, 0.5) is 5.69 Å². The van der Waals surface area contributed by atoms with E-state index in [0.717, 1.165) is 0 Å². The van der Waals surface area contributed by atoms with E-state index in [1.807, 2.05) is 0 Å². The maximum absolute atomic E-state index is 12.2. The smallest absolute Gasteiger partial charge is 0.408 e.